The number of benzene rings is 1. The van der Waals surface area contributed by atoms with Crippen molar-refractivity contribution in [3.8, 4) is 0 Å². The van der Waals surface area contributed by atoms with Crippen molar-refractivity contribution < 1.29 is 17.6 Å². The van der Waals surface area contributed by atoms with E-state index in [1.54, 1.807) is 18.8 Å². The number of nitrogens with one attached hydrogen (secondary N) is 1. The van der Waals surface area contributed by atoms with E-state index in [1.807, 2.05) is 0 Å². The Labute approximate surface area is 120 Å². The number of halogens is 4. The van der Waals surface area contributed by atoms with Gasteiger partial charge in [0.15, 0.2) is 0 Å². The molecule has 0 amide bonds. The van der Waals surface area contributed by atoms with Gasteiger partial charge in [-0.1, -0.05) is 12.5 Å². The van der Waals surface area contributed by atoms with Crippen LogP contribution in [0.25, 0.3) is 0 Å². The molecule has 1 aromatic carbocycles. The summed E-state index contributed by atoms with van der Waals surface area (Å²) in [6, 6.07) is 3.11. The maximum atomic E-state index is 13.7. The Hall–Kier alpha value is -0.750. The Morgan fingerprint density at radius 2 is 2.05 bits per heavy atom. The summed E-state index contributed by atoms with van der Waals surface area (Å²) in [6.45, 7) is 0. The van der Waals surface area contributed by atoms with E-state index >= 15 is 0 Å². The molecule has 6 heteroatoms. The highest BCUT2D eigenvalue weighted by atomic mass is 32.2. The molecule has 2 unspecified atom stereocenters. The van der Waals surface area contributed by atoms with Gasteiger partial charge in [0.05, 0.1) is 5.56 Å². The molecule has 112 valence electrons. The molecule has 1 fully saturated rings. The summed E-state index contributed by atoms with van der Waals surface area (Å²) < 4.78 is 51.3. The maximum Gasteiger partial charge on any atom is 0.419 e. The fraction of sp³-hybridized carbons (Fsp3) is 0.571. The van der Waals surface area contributed by atoms with E-state index in [9.17, 15) is 17.6 Å². The molecule has 0 radical (unpaired) electrons. The van der Waals surface area contributed by atoms with E-state index in [0.29, 0.717) is 5.56 Å². The van der Waals surface area contributed by atoms with Crippen molar-refractivity contribution >= 4 is 11.8 Å². The molecular formula is C14H17F4NS. The summed E-state index contributed by atoms with van der Waals surface area (Å²) >= 11 is 1.80. The minimum Gasteiger partial charge on any atom is -0.312 e. The van der Waals surface area contributed by atoms with Crippen LogP contribution in [0.3, 0.4) is 0 Å². The molecule has 0 aromatic heterocycles. The number of thioether (sulfide) groups is 1. The molecule has 1 aromatic rings. The molecule has 2 atom stereocenters. The van der Waals surface area contributed by atoms with Gasteiger partial charge < -0.3 is 5.32 Å². The highest BCUT2D eigenvalue weighted by molar-refractivity contribution is 8.00. The normalized spacial score (nSPS) is 21.8. The van der Waals surface area contributed by atoms with Gasteiger partial charge in [0.2, 0.25) is 0 Å². The van der Waals surface area contributed by atoms with Crippen LogP contribution in [0.15, 0.2) is 18.2 Å². The summed E-state index contributed by atoms with van der Waals surface area (Å²) in [5, 5.41) is 3.39. The maximum absolute atomic E-state index is 13.7. The van der Waals surface area contributed by atoms with Gasteiger partial charge in [0.25, 0.3) is 0 Å². The SMILES string of the molecule is CNC(c1ccc(C(F)(F)F)c(F)c1)C1CCCCS1. The van der Waals surface area contributed by atoms with Crippen molar-refractivity contribution in [3.05, 3.63) is 35.1 Å². The standard InChI is InChI=1S/C14H17F4NS/c1-19-13(12-4-2-3-7-20-12)9-5-6-10(11(15)8-9)14(16,17)18/h5-6,8,12-13,19H,2-4,7H2,1H3. The van der Waals surface area contributed by atoms with Crippen LogP contribution in [0.4, 0.5) is 17.6 Å². The molecule has 1 heterocycles. The van der Waals surface area contributed by atoms with Gasteiger partial charge >= 0.3 is 6.18 Å². The molecule has 20 heavy (non-hydrogen) atoms. The third kappa shape index (κ3) is 3.47. The lowest BCUT2D eigenvalue weighted by Gasteiger charge is -2.30. The summed E-state index contributed by atoms with van der Waals surface area (Å²) in [5.74, 6) is -0.151. The van der Waals surface area contributed by atoms with Gasteiger partial charge in [-0.25, -0.2) is 4.39 Å². The third-order valence-electron chi connectivity index (χ3n) is 3.56. The third-order valence-corrected chi connectivity index (χ3v) is 5.02. The minimum atomic E-state index is -4.64. The molecule has 2 rings (SSSR count). The first-order chi connectivity index (χ1) is 9.43. The van der Waals surface area contributed by atoms with Crippen LogP contribution in [0.1, 0.15) is 36.4 Å². The number of alkyl halides is 3. The fourth-order valence-electron chi connectivity index (χ4n) is 2.55. The molecule has 0 bridgehead atoms. The van der Waals surface area contributed by atoms with E-state index < -0.39 is 17.6 Å². The number of hydrogen-bond acceptors (Lipinski definition) is 2. The summed E-state index contributed by atoms with van der Waals surface area (Å²) in [5.41, 5.74) is -0.621. The van der Waals surface area contributed by atoms with Gasteiger partial charge in [-0.2, -0.15) is 24.9 Å². The van der Waals surface area contributed by atoms with Gasteiger partial charge in [-0.3, -0.25) is 0 Å². The lowest BCUT2D eigenvalue weighted by atomic mass is 9.98. The minimum absolute atomic E-state index is 0.114. The highest BCUT2D eigenvalue weighted by Crippen LogP contribution is 2.37. The Morgan fingerprint density at radius 3 is 2.55 bits per heavy atom. The predicted molar refractivity (Wildman–Crippen MR) is 73.3 cm³/mol. The molecule has 0 spiro atoms. The lowest BCUT2D eigenvalue weighted by Crippen LogP contribution is -2.29. The molecule has 1 N–H and O–H groups in total. The number of hydrogen-bond donors (Lipinski definition) is 1. The second-order valence-electron chi connectivity index (χ2n) is 4.91. The molecule has 0 saturated carbocycles. The van der Waals surface area contributed by atoms with Crippen LogP contribution in [-0.2, 0) is 6.18 Å². The zero-order valence-corrected chi connectivity index (χ0v) is 12.0. The van der Waals surface area contributed by atoms with Crippen molar-refractivity contribution in [2.75, 3.05) is 12.8 Å². The quantitative estimate of drug-likeness (QED) is 0.831. The Morgan fingerprint density at radius 1 is 1.30 bits per heavy atom. The van der Waals surface area contributed by atoms with E-state index in [0.717, 1.165) is 30.7 Å². The molecule has 1 saturated heterocycles. The van der Waals surface area contributed by atoms with Crippen molar-refractivity contribution in [2.45, 2.75) is 36.7 Å². The fourth-order valence-corrected chi connectivity index (χ4v) is 4.04. The van der Waals surface area contributed by atoms with Crippen molar-refractivity contribution in [3.63, 3.8) is 0 Å². The molecule has 1 aliphatic rings. The van der Waals surface area contributed by atoms with E-state index in [2.05, 4.69) is 5.32 Å². The average Bonchev–Trinajstić information content (AvgIpc) is 2.39. The van der Waals surface area contributed by atoms with Gasteiger partial charge in [-0.05, 0) is 43.3 Å². The van der Waals surface area contributed by atoms with Crippen LogP contribution >= 0.6 is 11.8 Å². The first kappa shape index (κ1) is 15.6. The average molecular weight is 307 g/mol. The Balaban J connectivity index is 2.24. The van der Waals surface area contributed by atoms with Gasteiger partial charge in [0, 0.05) is 11.3 Å². The topological polar surface area (TPSA) is 12.0 Å². The predicted octanol–water partition coefficient (Wildman–Crippen LogP) is 4.39. The van der Waals surface area contributed by atoms with Crippen LogP contribution in [-0.4, -0.2) is 18.1 Å². The summed E-state index contributed by atoms with van der Waals surface area (Å²) in [6.07, 6.45) is -1.37. The first-order valence-corrected chi connectivity index (χ1v) is 7.64. The second-order valence-corrected chi connectivity index (χ2v) is 6.26. The van der Waals surface area contributed by atoms with Crippen molar-refractivity contribution in [1.82, 2.24) is 5.32 Å². The van der Waals surface area contributed by atoms with Crippen LogP contribution in [0.5, 0.6) is 0 Å². The first-order valence-electron chi connectivity index (χ1n) is 6.59. The monoisotopic (exact) mass is 307 g/mol. The van der Waals surface area contributed by atoms with E-state index in [-0.39, 0.29) is 11.3 Å². The smallest absolute Gasteiger partial charge is 0.312 e. The van der Waals surface area contributed by atoms with Crippen LogP contribution < -0.4 is 5.32 Å². The van der Waals surface area contributed by atoms with Crippen LogP contribution in [0, 0.1) is 5.82 Å². The summed E-state index contributed by atoms with van der Waals surface area (Å²) in [7, 11) is 1.76. The Kier molecular flexibility index (Phi) is 4.96. The van der Waals surface area contributed by atoms with E-state index in [4.69, 9.17) is 0 Å². The zero-order valence-electron chi connectivity index (χ0n) is 11.1. The van der Waals surface area contributed by atoms with Crippen molar-refractivity contribution in [2.24, 2.45) is 0 Å². The Bertz CT molecular complexity index is 455. The summed E-state index contributed by atoms with van der Waals surface area (Å²) in [4.78, 5) is 0. The van der Waals surface area contributed by atoms with E-state index in [1.165, 1.54) is 12.5 Å². The molecule has 1 aliphatic heterocycles. The lowest BCUT2D eigenvalue weighted by molar-refractivity contribution is -0.140. The van der Waals surface area contributed by atoms with Crippen LogP contribution in [0.2, 0.25) is 0 Å². The molecule has 1 nitrogen and oxygen atoms in total. The number of rotatable bonds is 3. The zero-order chi connectivity index (χ0) is 14.8. The largest absolute Gasteiger partial charge is 0.419 e. The van der Waals surface area contributed by atoms with Gasteiger partial charge in [-0.15, -0.1) is 0 Å². The van der Waals surface area contributed by atoms with Crippen molar-refractivity contribution in [1.29, 1.82) is 0 Å². The molecular weight excluding hydrogens is 290 g/mol. The van der Waals surface area contributed by atoms with Gasteiger partial charge in [0.1, 0.15) is 5.82 Å². The highest BCUT2D eigenvalue weighted by Gasteiger charge is 2.34. The second kappa shape index (κ2) is 6.35. The molecule has 0 aliphatic carbocycles.